The molecule has 1 atom stereocenters. The van der Waals surface area contributed by atoms with Gasteiger partial charge < -0.3 is 10.2 Å². The summed E-state index contributed by atoms with van der Waals surface area (Å²) in [6, 6.07) is 12.4. The molecule has 0 aliphatic carbocycles. The summed E-state index contributed by atoms with van der Waals surface area (Å²) in [5.41, 5.74) is -0.149. The van der Waals surface area contributed by atoms with E-state index in [9.17, 15) is 14.8 Å². The van der Waals surface area contributed by atoms with Crippen LogP contribution in [-0.4, -0.2) is 45.5 Å². The Bertz CT molecular complexity index is 953. The first-order valence-electron chi connectivity index (χ1n) is 9.59. The van der Waals surface area contributed by atoms with Gasteiger partial charge >= 0.3 is 12.1 Å². The standard InChI is InChI=1S/C21H24Cl2N4O3/c1-4-13-25-20(29)26(17-12-8-6-10-15(17)23)18(21(25,2)3)27(30)19(28)24-16-11-7-5-9-14(16)22/h5-12,18,30H,4,13H2,1-3H3,(H,24,28)/t18-/m1/s1. The summed E-state index contributed by atoms with van der Waals surface area (Å²) < 4.78 is 0. The molecule has 160 valence electrons. The van der Waals surface area contributed by atoms with E-state index in [1.165, 1.54) is 4.90 Å². The first-order valence-corrected chi connectivity index (χ1v) is 10.3. The minimum absolute atomic E-state index is 0.330. The summed E-state index contributed by atoms with van der Waals surface area (Å²) in [6.07, 6.45) is -0.311. The molecule has 1 heterocycles. The van der Waals surface area contributed by atoms with Gasteiger partial charge in [0.2, 0.25) is 0 Å². The van der Waals surface area contributed by atoms with Crippen LogP contribution in [0.2, 0.25) is 10.0 Å². The number of anilines is 2. The van der Waals surface area contributed by atoms with E-state index in [4.69, 9.17) is 23.2 Å². The van der Waals surface area contributed by atoms with Gasteiger partial charge in [-0.15, -0.1) is 0 Å². The van der Waals surface area contributed by atoms with E-state index in [0.29, 0.717) is 33.0 Å². The third-order valence-corrected chi connectivity index (χ3v) is 5.77. The Morgan fingerprint density at radius 2 is 1.73 bits per heavy atom. The largest absolute Gasteiger partial charge is 0.347 e. The van der Waals surface area contributed by atoms with E-state index in [-0.39, 0.29) is 6.03 Å². The summed E-state index contributed by atoms with van der Waals surface area (Å²) in [5, 5.41) is 14.7. The lowest BCUT2D eigenvalue weighted by molar-refractivity contribution is -0.0948. The maximum atomic E-state index is 13.3. The molecule has 2 N–H and O–H groups in total. The summed E-state index contributed by atoms with van der Waals surface area (Å²) in [7, 11) is 0. The Hall–Kier alpha value is -2.48. The van der Waals surface area contributed by atoms with Gasteiger partial charge in [-0.2, -0.15) is 5.06 Å². The highest BCUT2D eigenvalue weighted by Crippen LogP contribution is 2.40. The second-order valence-corrected chi connectivity index (χ2v) is 8.35. The van der Waals surface area contributed by atoms with E-state index in [1.54, 1.807) is 67.3 Å². The molecule has 0 unspecified atom stereocenters. The van der Waals surface area contributed by atoms with E-state index < -0.39 is 17.7 Å². The normalized spacial score (nSPS) is 17.9. The average Bonchev–Trinajstić information content (AvgIpc) is 2.90. The quantitative estimate of drug-likeness (QED) is 0.454. The highest BCUT2D eigenvalue weighted by molar-refractivity contribution is 6.34. The van der Waals surface area contributed by atoms with Crippen molar-refractivity contribution in [3.63, 3.8) is 0 Å². The second-order valence-electron chi connectivity index (χ2n) is 7.54. The van der Waals surface area contributed by atoms with Gasteiger partial charge in [0.1, 0.15) is 0 Å². The molecule has 1 fully saturated rings. The molecule has 9 heteroatoms. The zero-order chi connectivity index (χ0) is 22.1. The molecule has 4 amide bonds. The third-order valence-electron chi connectivity index (χ3n) is 5.12. The molecule has 0 bridgehead atoms. The van der Waals surface area contributed by atoms with Crippen LogP contribution in [-0.2, 0) is 0 Å². The topological polar surface area (TPSA) is 76.1 Å². The van der Waals surface area contributed by atoms with Crippen LogP contribution in [0.25, 0.3) is 0 Å². The van der Waals surface area contributed by atoms with Gasteiger partial charge in [0.25, 0.3) is 0 Å². The number of para-hydroxylation sites is 2. The maximum absolute atomic E-state index is 13.3. The number of nitrogens with one attached hydrogen (secondary N) is 1. The van der Waals surface area contributed by atoms with Crippen LogP contribution in [0.1, 0.15) is 27.2 Å². The predicted molar refractivity (Wildman–Crippen MR) is 118 cm³/mol. The van der Waals surface area contributed by atoms with Crippen molar-refractivity contribution in [2.75, 3.05) is 16.8 Å². The number of carbonyl (C=O) groups excluding carboxylic acids is 2. The molecular weight excluding hydrogens is 427 g/mol. The van der Waals surface area contributed by atoms with Crippen LogP contribution in [0.3, 0.4) is 0 Å². The number of carbonyl (C=O) groups is 2. The lowest BCUT2D eigenvalue weighted by Crippen LogP contribution is -2.58. The zero-order valence-electron chi connectivity index (χ0n) is 17.0. The van der Waals surface area contributed by atoms with Crippen LogP contribution < -0.4 is 10.2 Å². The van der Waals surface area contributed by atoms with Crippen molar-refractivity contribution in [2.24, 2.45) is 0 Å². The fraction of sp³-hybridized carbons (Fsp3) is 0.333. The Balaban J connectivity index is 2.01. The second kappa shape index (κ2) is 8.71. The molecule has 1 aliphatic heterocycles. The highest BCUT2D eigenvalue weighted by Gasteiger charge is 2.56. The van der Waals surface area contributed by atoms with Crippen LogP contribution >= 0.6 is 23.2 Å². The monoisotopic (exact) mass is 450 g/mol. The molecule has 3 rings (SSSR count). The molecule has 30 heavy (non-hydrogen) atoms. The fourth-order valence-corrected chi connectivity index (χ4v) is 4.09. The van der Waals surface area contributed by atoms with E-state index in [0.717, 1.165) is 6.42 Å². The molecule has 0 spiro atoms. The third kappa shape index (κ3) is 3.93. The van der Waals surface area contributed by atoms with Gasteiger partial charge in [-0.25, -0.2) is 9.59 Å². The lowest BCUT2D eigenvalue weighted by Gasteiger charge is -2.38. The van der Waals surface area contributed by atoms with Gasteiger partial charge in [0.15, 0.2) is 6.17 Å². The number of nitrogens with zero attached hydrogens (tertiary/aromatic N) is 3. The van der Waals surface area contributed by atoms with Crippen molar-refractivity contribution in [1.82, 2.24) is 9.96 Å². The van der Waals surface area contributed by atoms with Crippen molar-refractivity contribution in [2.45, 2.75) is 38.9 Å². The van der Waals surface area contributed by atoms with Crippen molar-refractivity contribution in [1.29, 1.82) is 0 Å². The first kappa shape index (κ1) is 22.2. The molecule has 2 aromatic carbocycles. The lowest BCUT2D eigenvalue weighted by atomic mass is 9.99. The van der Waals surface area contributed by atoms with Gasteiger partial charge in [-0.3, -0.25) is 10.1 Å². The molecule has 2 aromatic rings. The Morgan fingerprint density at radius 1 is 1.13 bits per heavy atom. The number of amides is 4. The summed E-state index contributed by atoms with van der Waals surface area (Å²) in [6.45, 7) is 6.02. The summed E-state index contributed by atoms with van der Waals surface area (Å²) >= 11 is 12.5. The van der Waals surface area contributed by atoms with Crippen LogP contribution in [0, 0.1) is 0 Å². The van der Waals surface area contributed by atoms with Gasteiger partial charge in [0.05, 0.1) is 27.0 Å². The average molecular weight is 451 g/mol. The Labute approximate surface area is 185 Å². The van der Waals surface area contributed by atoms with Crippen molar-refractivity contribution in [3.05, 3.63) is 58.6 Å². The van der Waals surface area contributed by atoms with Crippen molar-refractivity contribution in [3.8, 4) is 0 Å². The summed E-state index contributed by atoms with van der Waals surface area (Å²) in [4.78, 5) is 29.2. The maximum Gasteiger partial charge on any atom is 0.347 e. The summed E-state index contributed by atoms with van der Waals surface area (Å²) in [5.74, 6) is 0. The number of benzene rings is 2. The molecule has 0 saturated carbocycles. The number of rotatable bonds is 5. The predicted octanol–water partition coefficient (Wildman–Crippen LogP) is 5.67. The molecule has 0 aromatic heterocycles. The van der Waals surface area contributed by atoms with E-state index in [2.05, 4.69) is 5.32 Å². The molecular formula is C21H24Cl2N4O3. The SMILES string of the molecule is CCCN1C(=O)N(c2ccccc2Cl)[C@H](N(O)C(=O)Nc2ccccc2Cl)C1(C)C. The van der Waals surface area contributed by atoms with Crippen molar-refractivity contribution < 1.29 is 14.8 Å². The fourth-order valence-electron chi connectivity index (χ4n) is 3.68. The van der Waals surface area contributed by atoms with Crippen LogP contribution in [0.4, 0.5) is 21.0 Å². The van der Waals surface area contributed by atoms with E-state index >= 15 is 0 Å². The molecule has 1 aliphatic rings. The minimum Gasteiger partial charge on any atom is -0.315 e. The Morgan fingerprint density at radius 3 is 2.33 bits per heavy atom. The van der Waals surface area contributed by atoms with Gasteiger partial charge in [-0.1, -0.05) is 54.4 Å². The van der Waals surface area contributed by atoms with Crippen LogP contribution in [0.15, 0.2) is 48.5 Å². The highest BCUT2D eigenvalue weighted by atomic mass is 35.5. The molecule has 1 saturated heterocycles. The first-order chi connectivity index (χ1) is 14.2. The molecule has 7 nitrogen and oxygen atoms in total. The number of hydrogen-bond donors (Lipinski definition) is 2. The zero-order valence-corrected chi connectivity index (χ0v) is 18.5. The van der Waals surface area contributed by atoms with Crippen LogP contribution in [0.5, 0.6) is 0 Å². The number of urea groups is 2. The van der Waals surface area contributed by atoms with Gasteiger partial charge in [-0.05, 0) is 44.5 Å². The van der Waals surface area contributed by atoms with Crippen molar-refractivity contribution >= 4 is 46.6 Å². The van der Waals surface area contributed by atoms with Gasteiger partial charge in [0, 0.05) is 6.54 Å². The minimum atomic E-state index is -1.03. The van der Waals surface area contributed by atoms with E-state index in [1.807, 2.05) is 6.92 Å². The Kier molecular flexibility index (Phi) is 6.45. The number of hydroxylamine groups is 2. The molecule has 0 radical (unpaired) electrons. The number of halogens is 2. The number of hydrogen-bond acceptors (Lipinski definition) is 3. The smallest absolute Gasteiger partial charge is 0.315 e.